The predicted molar refractivity (Wildman–Crippen MR) is 86.6 cm³/mol. The van der Waals surface area contributed by atoms with Crippen molar-refractivity contribution in [3.63, 3.8) is 0 Å². The van der Waals surface area contributed by atoms with Crippen molar-refractivity contribution in [2.75, 3.05) is 0 Å². The minimum atomic E-state index is -1.37. The minimum absolute atomic E-state index is 0.0310. The molecule has 1 unspecified atom stereocenters. The lowest BCUT2D eigenvalue weighted by atomic mass is 9.92. The van der Waals surface area contributed by atoms with Gasteiger partial charge in [0.25, 0.3) is 11.5 Å². The van der Waals surface area contributed by atoms with E-state index in [4.69, 9.17) is 11.6 Å². The van der Waals surface area contributed by atoms with Crippen molar-refractivity contribution >= 4 is 39.7 Å². The van der Waals surface area contributed by atoms with Crippen LogP contribution in [0.15, 0.2) is 38.5 Å². The van der Waals surface area contributed by atoms with E-state index in [9.17, 15) is 14.0 Å². The van der Waals surface area contributed by atoms with E-state index in [2.05, 4.69) is 26.2 Å². The Kier molecular flexibility index (Phi) is 3.01. The molecule has 1 aromatic heterocycles. The highest BCUT2D eigenvalue weighted by Crippen LogP contribution is 2.36. The fourth-order valence-corrected chi connectivity index (χ4v) is 3.87. The first-order valence-corrected chi connectivity index (χ1v) is 7.85. The third kappa shape index (κ3) is 1.86. The molecule has 0 saturated heterocycles. The monoisotopic (exact) mass is 395 g/mol. The fraction of sp³-hybridized carbons (Fsp3) is 0.133. The quantitative estimate of drug-likeness (QED) is 0.743. The van der Waals surface area contributed by atoms with Gasteiger partial charge < -0.3 is 5.32 Å². The predicted octanol–water partition coefficient (Wildman–Crippen LogP) is 2.43. The zero-order chi connectivity index (χ0) is 16.4. The molecule has 0 fully saturated rings. The SMILES string of the molecule is O=C1NC2(C=NCc3ccc(F)cc32)n2c1c(Cl)cc(Br)c2=O. The van der Waals surface area contributed by atoms with Gasteiger partial charge in [0.2, 0.25) is 0 Å². The van der Waals surface area contributed by atoms with Gasteiger partial charge in [0, 0.05) is 5.56 Å². The maximum Gasteiger partial charge on any atom is 0.272 e. The first-order chi connectivity index (χ1) is 10.9. The summed E-state index contributed by atoms with van der Waals surface area (Å²) in [6.45, 7) is 0.346. The number of carbonyl (C=O) groups is 1. The van der Waals surface area contributed by atoms with Gasteiger partial charge in [-0.25, -0.2) is 4.39 Å². The number of aliphatic imine (C=N–C) groups is 1. The third-order valence-corrected chi connectivity index (χ3v) is 4.86. The number of fused-ring (bicyclic) bond motifs is 4. The van der Waals surface area contributed by atoms with Crippen LogP contribution in [-0.4, -0.2) is 16.7 Å². The van der Waals surface area contributed by atoms with Crippen LogP contribution >= 0.6 is 27.5 Å². The van der Waals surface area contributed by atoms with Crippen LogP contribution in [0.3, 0.4) is 0 Å². The van der Waals surface area contributed by atoms with Crippen LogP contribution in [0.1, 0.15) is 21.6 Å². The van der Waals surface area contributed by atoms with E-state index in [1.54, 1.807) is 6.07 Å². The number of amides is 1. The summed E-state index contributed by atoms with van der Waals surface area (Å²) in [7, 11) is 0. The number of hydrogen-bond donors (Lipinski definition) is 1. The number of rotatable bonds is 0. The van der Waals surface area contributed by atoms with Gasteiger partial charge in [-0.3, -0.25) is 19.1 Å². The highest BCUT2D eigenvalue weighted by atomic mass is 79.9. The van der Waals surface area contributed by atoms with Gasteiger partial charge in [0.1, 0.15) is 11.5 Å². The first kappa shape index (κ1) is 14.6. The lowest BCUT2D eigenvalue weighted by Gasteiger charge is -2.32. The van der Waals surface area contributed by atoms with Gasteiger partial charge >= 0.3 is 0 Å². The van der Waals surface area contributed by atoms with E-state index < -0.39 is 22.9 Å². The van der Waals surface area contributed by atoms with Gasteiger partial charge in [0.15, 0.2) is 5.66 Å². The number of carbonyl (C=O) groups excluding carboxylic acids is 1. The lowest BCUT2D eigenvalue weighted by molar-refractivity contribution is 0.0952. The van der Waals surface area contributed by atoms with E-state index >= 15 is 0 Å². The van der Waals surface area contributed by atoms with Crippen molar-refractivity contribution in [3.8, 4) is 0 Å². The van der Waals surface area contributed by atoms with E-state index in [1.165, 1.54) is 29.0 Å². The fourth-order valence-electron chi connectivity index (χ4n) is 3.06. The summed E-state index contributed by atoms with van der Waals surface area (Å²) in [6, 6.07) is 5.59. The van der Waals surface area contributed by atoms with Crippen molar-refractivity contribution < 1.29 is 9.18 Å². The molecule has 5 nitrogen and oxygen atoms in total. The van der Waals surface area contributed by atoms with Gasteiger partial charge in [-0.15, -0.1) is 0 Å². The zero-order valence-electron chi connectivity index (χ0n) is 11.4. The van der Waals surface area contributed by atoms with Crippen LogP contribution < -0.4 is 10.9 Å². The molecule has 0 bridgehead atoms. The minimum Gasteiger partial charge on any atom is -0.319 e. The summed E-state index contributed by atoms with van der Waals surface area (Å²) < 4.78 is 15.2. The Hall–Kier alpha value is -1.99. The Morgan fingerprint density at radius 2 is 2.13 bits per heavy atom. The molecule has 1 spiro atoms. The van der Waals surface area contributed by atoms with Crippen molar-refractivity contribution in [1.82, 2.24) is 9.88 Å². The van der Waals surface area contributed by atoms with Gasteiger partial charge in [-0.2, -0.15) is 0 Å². The van der Waals surface area contributed by atoms with Crippen LogP contribution in [0.25, 0.3) is 0 Å². The highest BCUT2D eigenvalue weighted by molar-refractivity contribution is 9.10. The standard InChI is InChI=1S/C15H8BrClFN3O2/c16-10-4-11(17)12-13(22)20-15(21(12)14(10)23)6-19-5-7-1-2-8(18)3-9(7)15/h1-4,6H,5H2,(H,20,22). The maximum absolute atomic E-state index is 13.8. The van der Waals surface area contributed by atoms with E-state index in [0.29, 0.717) is 12.1 Å². The molecule has 1 N–H and O–H groups in total. The number of nitrogens with zero attached hydrogens (tertiary/aromatic N) is 2. The largest absolute Gasteiger partial charge is 0.319 e. The number of benzene rings is 1. The number of nitrogens with one attached hydrogen (secondary N) is 1. The number of aromatic nitrogens is 1. The van der Waals surface area contributed by atoms with Gasteiger partial charge in [-0.05, 0) is 39.7 Å². The molecular formula is C15H8BrClFN3O2. The molecule has 2 aromatic rings. The van der Waals surface area contributed by atoms with Gasteiger partial charge in [0.05, 0.1) is 22.3 Å². The van der Waals surface area contributed by atoms with Crippen LogP contribution in [0.2, 0.25) is 5.02 Å². The zero-order valence-corrected chi connectivity index (χ0v) is 13.8. The van der Waals surface area contributed by atoms with Gasteiger partial charge in [-0.1, -0.05) is 17.7 Å². The molecule has 1 aromatic carbocycles. The second-order valence-corrected chi connectivity index (χ2v) is 6.58. The second kappa shape index (κ2) is 4.75. The van der Waals surface area contributed by atoms with Crippen molar-refractivity contribution in [2.45, 2.75) is 12.2 Å². The van der Waals surface area contributed by atoms with Crippen LogP contribution in [-0.2, 0) is 12.2 Å². The van der Waals surface area contributed by atoms with Crippen molar-refractivity contribution in [1.29, 1.82) is 0 Å². The first-order valence-electron chi connectivity index (χ1n) is 6.68. The molecule has 3 heterocycles. The summed E-state index contributed by atoms with van der Waals surface area (Å²) in [5.41, 5.74) is -0.595. The number of hydrogen-bond acceptors (Lipinski definition) is 3. The summed E-state index contributed by atoms with van der Waals surface area (Å²) in [5.74, 6) is -0.974. The molecular weight excluding hydrogens is 389 g/mol. The molecule has 1 atom stereocenters. The molecule has 0 radical (unpaired) electrons. The molecule has 8 heteroatoms. The molecule has 2 aliphatic heterocycles. The Morgan fingerprint density at radius 3 is 2.91 bits per heavy atom. The Balaban J connectivity index is 2.14. The smallest absolute Gasteiger partial charge is 0.272 e. The highest BCUT2D eigenvalue weighted by Gasteiger charge is 2.47. The van der Waals surface area contributed by atoms with Crippen LogP contribution in [0, 0.1) is 5.82 Å². The molecule has 0 aliphatic carbocycles. The van der Waals surface area contributed by atoms with Crippen LogP contribution in [0.5, 0.6) is 0 Å². The third-order valence-electron chi connectivity index (χ3n) is 4.00. The Morgan fingerprint density at radius 1 is 1.35 bits per heavy atom. The van der Waals surface area contributed by atoms with Crippen molar-refractivity contribution in [3.05, 3.63) is 66.8 Å². The normalized spacial score (nSPS) is 21.3. The molecule has 23 heavy (non-hydrogen) atoms. The average molecular weight is 397 g/mol. The molecule has 1 amide bonds. The van der Waals surface area contributed by atoms with E-state index in [-0.39, 0.29) is 15.2 Å². The summed E-state index contributed by atoms with van der Waals surface area (Å²) in [5, 5.41) is 2.86. The molecule has 0 saturated carbocycles. The van der Waals surface area contributed by atoms with Crippen molar-refractivity contribution in [2.24, 2.45) is 4.99 Å². The molecule has 116 valence electrons. The number of halogens is 3. The summed E-state index contributed by atoms with van der Waals surface area (Å²) >= 11 is 9.28. The molecule has 2 aliphatic rings. The molecule has 4 rings (SSSR count). The summed E-state index contributed by atoms with van der Waals surface area (Å²) in [6.07, 6.45) is 1.45. The van der Waals surface area contributed by atoms with E-state index in [1.807, 2.05) is 0 Å². The average Bonchev–Trinajstić information content (AvgIpc) is 2.80. The summed E-state index contributed by atoms with van der Waals surface area (Å²) in [4.78, 5) is 29.3. The lowest BCUT2D eigenvalue weighted by Crippen LogP contribution is -2.51. The van der Waals surface area contributed by atoms with Crippen LogP contribution in [0.4, 0.5) is 4.39 Å². The Bertz CT molecular complexity index is 972. The van der Waals surface area contributed by atoms with E-state index in [0.717, 1.165) is 5.56 Å². The Labute approximate surface area is 142 Å². The maximum atomic E-state index is 13.8. The number of pyridine rings is 1. The second-order valence-electron chi connectivity index (χ2n) is 5.32. The topological polar surface area (TPSA) is 63.5 Å².